The Bertz CT molecular complexity index is 923. The highest BCUT2D eigenvalue weighted by Crippen LogP contribution is 2.23. The minimum atomic E-state index is 0.110. The number of hydrogen-bond acceptors (Lipinski definition) is 6. The number of aromatic hydroxyl groups is 1. The lowest BCUT2D eigenvalue weighted by atomic mass is 10.2. The third kappa shape index (κ3) is 3.83. The molecule has 1 N–H and O–H groups in total. The smallest absolute Gasteiger partial charge is 0.206 e. The van der Waals surface area contributed by atoms with E-state index in [-0.39, 0.29) is 5.75 Å². The number of benzene rings is 1. The molecule has 0 aliphatic carbocycles. The first kappa shape index (κ1) is 17.0. The zero-order valence-corrected chi connectivity index (χ0v) is 14.9. The van der Waals surface area contributed by atoms with E-state index >= 15 is 0 Å². The predicted octanol–water partition coefficient (Wildman–Crippen LogP) is 3.72. The van der Waals surface area contributed by atoms with E-state index in [1.807, 2.05) is 31.4 Å². The van der Waals surface area contributed by atoms with Crippen molar-refractivity contribution in [2.24, 2.45) is 10.1 Å². The van der Waals surface area contributed by atoms with E-state index in [1.54, 1.807) is 35.4 Å². The lowest BCUT2D eigenvalue weighted by Crippen LogP contribution is -2.12. The molecule has 0 amide bonds. The lowest BCUT2D eigenvalue weighted by Gasteiger charge is -2.05. The van der Waals surface area contributed by atoms with Crippen molar-refractivity contribution < 1.29 is 14.3 Å². The molecule has 2 aromatic heterocycles. The zero-order valence-electron chi connectivity index (χ0n) is 14.0. The number of nitrogens with zero attached hydrogens (tertiary/aromatic N) is 3. The second-order valence-corrected chi connectivity index (χ2v) is 5.90. The number of phenolic OH excluding ortho intramolecular Hbond substituents is 1. The van der Waals surface area contributed by atoms with Gasteiger partial charge in [-0.05, 0) is 38.1 Å². The summed E-state index contributed by atoms with van der Waals surface area (Å²) in [6.45, 7) is 5.07. The fourth-order valence-electron chi connectivity index (χ4n) is 2.26. The van der Waals surface area contributed by atoms with Gasteiger partial charge in [0.1, 0.15) is 17.2 Å². The van der Waals surface area contributed by atoms with Crippen molar-refractivity contribution >= 4 is 17.6 Å². The quantitative estimate of drug-likeness (QED) is 0.684. The van der Waals surface area contributed by atoms with Gasteiger partial charge in [0.2, 0.25) is 4.80 Å². The van der Waals surface area contributed by atoms with E-state index < -0.39 is 0 Å². The minimum absolute atomic E-state index is 0.110. The van der Waals surface area contributed by atoms with E-state index in [9.17, 15) is 5.11 Å². The van der Waals surface area contributed by atoms with Crippen LogP contribution in [0.3, 0.4) is 0 Å². The first-order chi connectivity index (χ1) is 12.2. The van der Waals surface area contributed by atoms with Crippen molar-refractivity contribution in [1.82, 2.24) is 4.68 Å². The van der Waals surface area contributed by atoms with Gasteiger partial charge in [0, 0.05) is 23.6 Å². The maximum Gasteiger partial charge on any atom is 0.206 e. The number of aromatic nitrogens is 1. The summed E-state index contributed by atoms with van der Waals surface area (Å²) >= 11 is 1.49. The third-order valence-corrected chi connectivity index (χ3v) is 4.23. The normalized spacial score (nSPS) is 12.2. The van der Waals surface area contributed by atoms with Crippen LogP contribution >= 0.6 is 11.3 Å². The van der Waals surface area contributed by atoms with Crippen molar-refractivity contribution in [1.29, 1.82) is 0 Å². The molecule has 0 bridgehead atoms. The fraction of sp³-hybridized carbons (Fsp3) is 0.222. The summed E-state index contributed by atoms with van der Waals surface area (Å²) in [5.41, 5.74) is 1.40. The van der Waals surface area contributed by atoms with Crippen LogP contribution in [0, 0.1) is 0 Å². The van der Waals surface area contributed by atoms with Crippen LogP contribution in [-0.2, 0) is 0 Å². The second-order valence-electron chi connectivity index (χ2n) is 5.07. The van der Waals surface area contributed by atoms with Gasteiger partial charge in [0.05, 0.1) is 19.1 Å². The molecule has 130 valence electrons. The summed E-state index contributed by atoms with van der Waals surface area (Å²) in [6, 6.07) is 8.84. The second kappa shape index (κ2) is 7.85. The number of thiazole rings is 1. The number of ether oxygens (including phenoxy) is 1. The SMILES string of the molecule is CCN=c1scc(-c2ccco2)n1N=Cc1ccc(OCC)cc1O. The molecule has 0 spiro atoms. The summed E-state index contributed by atoms with van der Waals surface area (Å²) < 4.78 is 12.6. The van der Waals surface area contributed by atoms with Crippen molar-refractivity contribution in [3.05, 3.63) is 52.3 Å². The summed E-state index contributed by atoms with van der Waals surface area (Å²) in [6.07, 6.45) is 3.22. The van der Waals surface area contributed by atoms with E-state index in [0.29, 0.717) is 30.2 Å². The standard InChI is InChI=1S/C18H19N3O3S/c1-3-19-18-21(15(12-25-18)17-6-5-9-24-17)20-11-13-7-8-14(23-4-2)10-16(13)22/h5-12,22H,3-4H2,1-2H3. The summed E-state index contributed by atoms with van der Waals surface area (Å²) in [4.78, 5) is 5.21. The zero-order chi connectivity index (χ0) is 17.6. The van der Waals surface area contributed by atoms with Gasteiger partial charge in [-0.2, -0.15) is 5.10 Å². The van der Waals surface area contributed by atoms with Crippen molar-refractivity contribution in [2.45, 2.75) is 13.8 Å². The van der Waals surface area contributed by atoms with Crippen LogP contribution in [0.1, 0.15) is 19.4 Å². The third-order valence-electron chi connectivity index (χ3n) is 3.38. The van der Waals surface area contributed by atoms with Crippen LogP contribution in [0.15, 0.2) is 56.5 Å². The van der Waals surface area contributed by atoms with Crippen molar-refractivity contribution in [3.63, 3.8) is 0 Å². The highest BCUT2D eigenvalue weighted by atomic mass is 32.1. The predicted molar refractivity (Wildman–Crippen MR) is 98.4 cm³/mol. The Kier molecular flexibility index (Phi) is 5.35. The Labute approximate surface area is 149 Å². The fourth-order valence-corrected chi connectivity index (χ4v) is 3.14. The molecule has 0 radical (unpaired) electrons. The molecule has 2 heterocycles. The molecule has 3 aromatic rings. The number of hydrogen-bond donors (Lipinski definition) is 1. The van der Waals surface area contributed by atoms with Crippen molar-refractivity contribution in [2.75, 3.05) is 13.2 Å². The summed E-state index contributed by atoms with van der Waals surface area (Å²) in [5.74, 6) is 1.44. The monoisotopic (exact) mass is 357 g/mol. The van der Waals surface area contributed by atoms with Gasteiger partial charge < -0.3 is 14.3 Å². The first-order valence-electron chi connectivity index (χ1n) is 7.98. The average molecular weight is 357 g/mol. The molecule has 7 heteroatoms. The Morgan fingerprint density at radius 3 is 2.88 bits per heavy atom. The van der Waals surface area contributed by atoms with E-state index in [0.717, 1.165) is 10.5 Å². The molecular formula is C18H19N3O3S. The number of furan rings is 1. The lowest BCUT2D eigenvalue weighted by molar-refractivity contribution is 0.337. The molecule has 0 atom stereocenters. The number of phenols is 1. The van der Waals surface area contributed by atoms with Gasteiger partial charge in [-0.15, -0.1) is 11.3 Å². The Morgan fingerprint density at radius 2 is 2.20 bits per heavy atom. The first-order valence-corrected chi connectivity index (χ1v) is 8.86. The molecule has 0 aliphatic heterocycles. The highest BCUT2D eigenvalue weighted by molar-refractivity contribution is 7.07. The summed E-state index contributed by atoms with van der Waals surface area (Å²) in [7, 11) is 0. The van der Waals surface area contributed by atoms with Gasteiger partial charge in [-0.25, -0.2) is 4.68 Å². The molecule has 0 aliphatic rings. The Hall–Kier alpha value is -2.80. The van der Waals surface area contributed by atoms with E-state index in [2.05, 4.69) is 10.1 Å². The summed E-state index contributed by atoms with van der Waals surface area (Å²) in [5, 5.41) is 16.6. The molecule has 1 aromatic carbocycles. The average Bonchev–Trinajstić information content (AvgIpc) is 3.24. The van der Waals surface area contributed by atoms with Crippen LogP contribution < -0.4 is 9.54 Å². The number of rotatable bonds is 6. The molecule has 6 nitrogen and oxygen atoms in total. The molecule has 25 heavy (non-hydrogen) atoms. The molecule has 0 saturated carbocycles. The van der Waals surface area contributed by atoms with Gasteiger partial charge in [0.15, 0.2) is 5.76 Å². The van der Waals surface area contributed by atoms with Crippen LogP contribution in [0.2, 0.25) is 0 Å². The van der Waals surface area contributed by atoms with Crippen molar-refractivity contribution in [3.8, 4) is 23.0 Å². The van der Waals surface area contributed by atoms with E-state index in [4.69, 9.17) is 9.15 Å². The molecule has 0 saturated heterocycles. The molecular weight excluding hydrogens is 338 g/mol. The van der Waals surface area contributed by atoms with Crippen LogP contribution in [0.5, 0.6) is 11.5 Å². The maximum atomic E-state index is 10.2. The van der Waals surface area contributed by atoms with Crippen LogP contribution in [0.25, 0.3) is 11.5 Å². The molecule has 3 rings (SSSR count). The molecule has 0 unspecified atom stereocenters. The van der Waals surface area contributed by atoms with Gasteiger partial charge in [-0.1, -0.05) is 0 Å². The largest absolute Gasteiger partial charge is 0.507 e. The Morgan fingerprint density at radius 1 is 1.32 bits per heavy atom. The van der Waals surface area contributed by atoms with Crippen LogP contribution in [-0.4, -0.2) is 29.1 Å². The van der Waals surface area contributed by atoms with Crippen LogP contribution in [0.4, 0.5) is 0 Å². The Balaban J connectivity index is 1.98. The maximum absolute atomic E-state index is 10.2. The van der Waals surface area contributed by atoms with Gasteiger partial charge in [-0.3, -0.25) is 4.99 Å². The van der Waals surface area contributed by atoms with Gasteiger partial charge >= 0.3 is 0 Å². The van der Waals surface area contributed by atoms with E-state index in [1.165, 1.54) is 11.3 Å². The topological polar surface area (TPSA) is 72.2 Å². The molecule has 0 fully saturated rings. The highest BCUT2D eigenvalue weighted by Gasteiger charge is 2.10. The minimum Gasteiger partial charge on any atom is -0.507 e. The van der Waals surface area contributed by atoms with Gasteiger partial charge in [0.25, 0.3) is 0 Å².